The first kappa shape index (κ1) is 18.1. The number of amides is 4. The van der Waals surface area contributed by atoms with Crippen molar-refractivity contribution >= 4 is 35.1 Å². The summed E-state index contributed by atoms with van der Waals surface area (Å²) in [5, 5.41) is 5.67. The number of halogens is 1. The van der Waals surface area contributed by atoms with Crippen molar-refractivity contribution in [3.05, 3.63) is 28.8 Å². The molecule has 7 nitrogen and oxygen atoms in total. The van der Waals surface area contributed by atoms with Gasteiger partial charge in [-0.2, -0.15) is 0 Å². The molecule has 1 fully saturated rings. The molecule has 1 aromatic rings. The number of carbonyl (C=O) groups excluding carboxylic acids is 3. The molecule has 0 spiro atoms. The van der Waals surface area contributed by atoms with E-state index in [-0.39, 0.29) is 17.0 Å². The van der Waals surface area contributed by atoms with Crippen LogP contribution in [0.3, 0.4) is 0 Å². The van der Waals surface area contributed by atoms with Gasteiger partial charge < -0.3 is 21.3 Å². The molecule has 4 amide bonds. The molecule has 0 aliphatic carbocycles. The van der Waals surface area contributed by atoms with Gasteiger partial charge in [0.25, 0.3) is 5.91 Å². The summed E-state index contributed by atoms with van der Waals surface area (Å²) < 4.78 is 0. The summed E-state index contributed by atoms with van der Waals surface area (Å²) in [7, 11) is 0. The molecule has 130 valence electrons. The van der Waals surface area contributed by atoms with Crippen molar-refractivity contribution in [3.8, 4) is 0 Å². The SMILES string of the molecule is CC(C)NC(=O)c1ccc(NC(=O)N2CCC[C@@H]2C(N)=O)cc1Cl. The normalized spacial score (nSPS) is 17.0. The predicted molar refractivity (Wildman–Crippen MR) is 92.0 cm³/mol. The molecule has 24 heavy (non-hydrogen) atoms. The lowest BCUT2D eigenvalue weighted by Crippen LogP contribution is -2.45. The fourth-order valence-corrected chi connectivity index (χ4v) is 2.88. The van der Waals surface area contributed by atoms with Crippen molar-refractivity contribution in [2.45, 2.75) is 38.8 Å². The largest absolute Gasteiger partial charge is 0.368 e. The van der Waals surface area contributed by atoms with Gasteiger partial charge >= 0.3 is 6.03 Å². The second-order valence-electron chi connectivity index (χ2n) is 6.01. The lowest BCUT2D eigenvalue weighted by molar-refractivity contribution is -0.121. The highest BCUT2D eigenvalue weighted by molar-refractivity contribution is 6.34. The van der Waals surface area contributed by atoms with Gasteiger partial charge in [0.2, 0.25) is 5.91 Å². The van der Waals surface area contributed by atoms with Gasteiger partial charge in [-0.05, 0) is 44.9 Å². The molecule has 0 unspecified atom stereocenters. The minimum absolute atomic E-state index is 0.00570. The van der Waals surface area contributed by atoms with E-state index in [2.05, 4.69) is 10.6 Å². The molecule has 1 aromatic carbocycles. The average Bonchev–Trinajstić information content (AvgIpc) is 2.96. The van der Waals surface area contributed by atoms with Crippen molar-refractivity contribution in [1.29, 1.82) is 0 Å². The van der Waals surface area contributed by atoms with Crippen LogP contribution < -0.4 is 16.4 Å². The number of nitrogens with one attached hydrogen (secondary N) is 2. The molecule has 8 heteroatoms. The minimum Gasteiger partial charge on any atom is -0.368 e. The van der Waals surface area contributed by atoms with Gasteiger partial charge in [0.15, 0.2) is 0 Å². The molecular formula is C16H21ClN4O3. The van der Waals surface area contributed by atoms with Crippen LogP contribution in [0.5, 0.6) is 0 Å². The van der Waals surface area contributed by atoms with E-state index in [9.17, 15) is 14.4 Å². The first-order valence-electron chi connectivity index (χ1n) is 7.77. The maximum Gasteiger partial charge on any atom is 0.322 e. The monoisotopic (exact) mass is 352 g/mol. The van der Waals surface area contributed by atoms with Gasteiger partial charge in [-0.15, -0.1) is 0 Å². The number of carbonyl (C=O) groups is 3. The van der Waals surface area contributed by atoms with E-state index < -0.39 is 18.0 Å². The molecule has 1 aliphatic heterocycles. The van der Waals surface area contributed by atoms with Crippen molar-refractivity contribution in [2.24, 2.45) is 5.73 Å². The smallest absolute Gasteiger partial charge is 0.322 e. The quantitative estimate of drug-likeness (QED) is 0.771. The molecule has 1 heterocycles. The van der Waals surface area contributed by atoms with Gasteiger partial charge in [0, 0.05) is 18.3 Å². The zero-order chi connectivity index (χ0) is 17.9. The molecule has 4 N–H and O–H groups in total. The van der Waals surface area contributed by atoms with Crippen LogP contribution in [-0.4, -0.2) is 41.4 Å². The number of nitrogens with two attached hydrogens (primary N) is 1. The molecule has 0 bridgehead atoms. The van der Waals surface area contributed by atoms with Crippen LogP contribution in [0.4, 0.5) is 10.5 Å². The average molecular weight is 353 g/mol. The summed E-state index contributed by atoms with van der Waals surface area (Å²) in [6.45, 7) is 4.18. The van der Waals surface area contributed by atoms with Gasteiger partial charge in [0.1, 0.15) is 6.04 Å². The fourth-order valence-electron chi connectivity index (χ4n) is 2.62. The highest BCUT2D eigenvalue weighted by Gasteiger charge is 2.32. The number of rotatable bonds is 4. The number of benzene rings is 1. The van der Waals surface area contributed by atoms with Gasteiger partial charge in [-0.1, -0.05) is 11.6 Å². The highest BCUT2D eigenvalue weighted by atomic mass is 35.5. The van der Waals surface area contributed by atoms with Crippen LogP contribution in [0.2, 0.25) is 5.02 Å². The Balaban J connectivity index is 2.08. The third kappa shape index (κ3) is 4.17. The first-order valence-corrected chi connectivity index (χ1v) is 8.14. The number of anilines is 1. The zero-order valence-corrected chi connectivity index (χ0v) is 14.4. The minimum atomic E-state index is -0.587. The van der Waals surface area contributed by atoms with E-state index in [1.165, 1.54) is 11.0 Å². The highest BCUT2D eigenvalue weighted by Crippen LogP contribution is 2.23. The molecule has 2 rings (SSSR count). The van der Waals surface area contributed by atoms with E-state index in [1.807, 2.05) is 13.8 Å². The second kappa shape index (κ2) is 7.53. The summed E-state index contributed by atoms with van der Waals surface area (Å²) >= 11 is 6.13. The first-order chi connectivity index (χ1) is 11.3. The van der Waals surface area contributed by atoms with Crippen molar-refractivity contribution in [1.82, 2.24) is 10.2 Å². The maximum atomic E-state index is 12.3. The number of primary amides is 1. The third-order valence-corrected chi connectivity index (χ3v) is 4.04. The standard InChI is InChI=1S/C16H21ClN4O3/c1-9(2)19-15(23)11-6-5-10(8-12(11)17)20-16(24)21-7-3-4-13(21)14(18)22/h5-6,8-9,13H,3-4,7H2,1-2H3,(H2,18,22)(H,19,23)(H,20,24)/t13-/m1/s1. The summed E-state index contributed by atoms with van der Waals surface area (Å²) in [5.74, 6) is -0.789. The van der Waals surface area contributed by atoms with Crippen LogP contribution in [-0.2, 0) is 4.79 Å². The molecule has 1 atom stereocenters. The maximum absolute atomic E-state index is 12.3. The lowest BCUT2D eigenvalue weighted by Gasteiger charge is -2.22. The summed E-state index contributed by atoms with van der Waals surface area (Å²) in [6.07, 6.45) is 1.30. The molecule has 0 saturated carbocycles. The number of hydrogen-bond donors (Lipinski definition) is 3. The topological polar surface area (TPSA) is 105 Å². The zero-order valence-electron chi connectivity index (χ0n) is 13.6. The van der Waals surface area contributed by atoms with Gasteiger partial charge in [0.05, 0.1) is 10.6 Å². The van der Waals surface area contributed by atoms with E-state index in [0.717, 1.165) is 6.42 Å². The summed E-state index contributed by atoms with van der Waals surface area (Å²) in [5.41, 5.74) is 6.09. The fraction of sp³-hybridized carbons (Fsp3) is 0.438. The number of likely N-dealkylation sites (tertiary alicyclic amines) is 1. The summed E-state index contributed by atoms with van der Waals surface area (Å²) in [4.78, 5) is 37.1. The molecule has 1 aliphatic rings. The number of hydrogen-bond acceptors (Lipinski definition) is 3. The Morgan fingerprint density at radius 3 is 2.62 bits per heavy atom. The Bertz CT molecular complexity index is 663. The Morgan fingerprint density at radius 2 is 2.04 bits per heavy atom. The van der Waals surface area contributed by atoms with Crippen molar-refractivity contribution in [2.75, 3.05) is 11.9 Å². The second-order valence-corrected chi connectivity index (χ2v) is 6.41. The number of nitrogens with zero attached hydrogens (tertiary/aromatic N) is 1. The molecule has 0 aromatic heterocycles. The van der Waals surface area contributed by atoms with E-state index >= 15 is 0 Å². The Hall–Kier alpha value is -2.28. The molecule has 1 saturated heterocycles. The van der Waals surface area contributed by atoms with Crippen molar-refractivity contribution < 1.29 is 14.4 Å². The Kier molecular flexibility index (Phi) is 5.66. The van der Waals surface area contributed by atoms with Crippen LogP contribution in [0, 0.1) is 0 Å². The van der Waals surface area contributed by atoms with E-state index in [4.69, 9.17) is 17.3 Å². The van der Waals surface area contributed by atoms with E-state index in [0.29, 0.717) is 24.2 Å². The summed E-state index contributed by atoms with van der Waals surface area (Å²) in [6, 6.07) is 3.64. The Labute approximate surface area is 145 Å². The van der Waals surface area contributed by atoms with Crippen LogP contribution in [0.1, 0.15) is 37.0 Å². The molecule has 0 radical (unpaired) electrons. The van der Waals surface area contributed by atoms with Crippen LogP contribution in [0.15, 0.2) is 18.2 Å². The van der Waals surface area contributed by atoms with Crippen LogP contribution >= 0.6 is 11.6 Å². The van der Waals surface area contributed by atoms with Crippen LogP contribution in [0.25, 0.3) is 0 Å². The molecular weight excluding hydrogens is 332 g/mol. The van der Waals surface area contributed by atoms with Gasteiger partial charge in [-0.3, -0.25) is 9.59 Å². The number of urea groups is 1. The van der Waals surface area contributed by atoms with Gasteiger partial charge in [-0.25, -0.2) is 4.79 Å². The third-order valence-electron chi connectivity index (χ3n) is 3.73. The van der Waals surface area contributed by atoms with Crippen molar-refractivity contribution in [3.63, 3.8) is 0 Å². The predicted octanol–water partition coefficient (Wildman–Crippen LogP) is 1.96. The Morgan fingerprint density at radius 1 is 1.33 bits per heavy atom. The van der Waals surface area contributed by atoms with E-state index in [1.54, 1.807) is 12.1 Å². The lowest BCUT2D eigenvalue weighted by atomic mass is 10.2.